The van der Waals surface area contributed by atoms with Gasteiger partial charge >= 0.3 is 0 Å². The van der Waals surface area contributed by atoms with Crippen molar-refractivity contribution in [3.05, 3.63) is 46.4 Å². The van der Waals surface area contributed by atoms with Gasteiger partial charge in [0.2, 0.25) is 0 Å². The number of aromatic nitrogens is 3. The first-order valence-electron chi connectivity index (χ1n) is 7.84. The van der Waals surface area contributed by atoms with Gasteiger partial charge in [-0.25, -0.2) is 4.98 Å². The van der Waals surface area contributed by atoms with Crippen LogP contribution in [-0.2, 0) is 6.54 Å². The Labute approximate surface area is 144 Å². The summed E-state index contributed by atoms with van der Waals surface area (Å²) in [5.41, 5.74) is 2.58. The van der Waals surface area contributed by atoms with Gasteiger partial charge in [-0.1, -0.05) is 0 Å². The third-order valence-corrected chi connectivity index (χ3v) is 4.48. The van der Waals surface area contributed by atoms with E-state index in [-0.39, 0.29) is 5.91 Å². The van der Waals surface area contributed by atoms with E-state index in [9.17, 15) is 4.79 Å². The number of nitrogens with one attached hydrogen (secondary N) is 1. The zero-order valence-electron chi connectivity index (χ0n) is 14.0. The Hall–Kier alpha value is -2.41. The number of furan rings is 1. The Kier molecular flexibility index (Phi) is 4.80. The molecule has 0 aromatic carbocycles. The number of thiazole rings is 1. The van der Waals surface area contributed by atoms with Gasteiger partial charge in [0.1, 0.15) is 11.5 Å². The Bertz CT molecular complexity index is 847. The quantitative estimate of drug-likeness (QED) is 0.696. The lowest BCUT2D eigenvalue weighted by molar-refractivity contribution is 0.0948. The lowest BCUT2D eigenvalue weighted by atomic mass is 10.3. The summed E-state index contributed by atoms with van der Waals surface area (Å²) in [6.07, 6.45) is 0.822. The molecule has 0 radical (unpaired) electrons. The van der Waals surface area contributed by atoms with Crippen LogP contribution in [0.5, 0.6) is 0 Å². The van der Waals surface area contributed by atoms with Gasteiger partial charge in [0.15, 0.2) is 10.8 Å². The SMILES string of the molecule is Cc1cc(C)n(CCCNC(=O)c2csc(-c3ccc(C)o3)n2)n1. The predicted octanol–water partition coefficient (Wildman–Crippen LogP) is 3.34. The fourth-order valence-corrected chi connectivity index (χ4v) is 3.22. The number of rotatable bonds is 6. The molecule has 0 aliphatic heterocycles. The summed E-state index contributed by atoms with van der Waals surface area (Å²) in [6.45, 7) is 7.27. The first kappa shape index (κ1) is 16.4. The average Bonchev–Trinajstić information content (AvgIpc) is 3.24. The van der Waals surface area contributed by atoms with Crippen molar-refractivity contribution in [1.82, 2.24) is 20.1 Å². The van der Waals surface area contributed by atoms with Crippen molar-refractivity contribution >= 4 is 17.2 Å². The Morgan fingerprint density at radius 3 is 2.83 bits per heavy atom. The van der Waals surface area contributed by atoms with E-state index in [1.165, 1.54) is 11.3 Å². The van der Waals surface area contributed by atoms with E-state index in [4.69, 9.17) is 4.42 Å². The van der Waals surface area contributed by atoms with Gasteiger partial charge in [-0.05, 0) is 45.4 Å². The van der Waals surface area contributed by atoms with Crippen LogP contribution in [0.2, 0.25) is 0 Å². The molecule has 0 bridgehead atoms. The van der Waals surface area contributed by atoms with E-state index in [2.05, 4.69) is 15.4 Å². The fourth-order valence-electron chi connectivity index (χ4n) is 2.46. The van der Waals surface area contributed by atoms with Gasteiger partial charge in [0.25, 0.3) is 5.91 Å². The summed E-state index contributed by atoms with van der Waals surface area (Å²) < 4.78 is 7.49. The lowest BCUT2D eigenvalue weighted by Gasteiger charge is -2.05. The molecule has 0 saturated carbocycles. The van der Waals surface area contributed by atoms with Crippen LogP contribution < -0.4 is 5.32 Å². The third kappa shape index (κ3) is 3.73. The van der Waals surface area contributed by atoms with Crippen molar-refractivity contribution in [3.63, 3.8) is 0 Å². The van der Waals surface area contributed by atoms with Gasteiger partial charge in [-0.15, -0.1) is 11.3 Å². The molecule has 24 heavy (non-hydrogen) atoms. The third-order valence-electron chi connectivity index (χ3n) is 3.62. The van der Waals surface area contributed by atoms with Crippen LogP contribution in [0.15, 0.2) is 28.0 Å². The molecule has 3 aromatic rings. The summed E-state index contributed by atoms with van der Waals surface area (Å²) in [5, 5.41) is 9.78. The Morgan fingerprint density at radius 2 is 2.17 bits per heavy atom. The van der Waals surface area contributed by atoms with E-state index in [1.807, 2.05) is 43.7 Å². The monoisotopic (exact) mass is 344 g/mol. The molecule has 0 aliphatic rings. The molecule has 3 rings (SSSR count). The number of carbonyl (C=O) groups is 1. The molecule has 3 heterocycles. The summed E-state index contributed by atoms with van der Waals surface area (Å²) in [6, 6.07) is 5.80. The number of nitrogens with zero attached hydrogens (tertiary/aromatic N) is 3. The van der Waals surface area contributed by atoms with Crippen LogP contribution in [0, 0.1) is 20.8 Å². The second-order valence-corrected chi connectivity index (χ2v) is 6.57. The number of aryl methyl sites for hydroxylation is 4. The lowest BCUT2D eigenvalue weighted by Crippen LogP contribution is -2.25. The van der Waals surface area contributed by atoms with Crippen LogP contribution in [0.25, 0.3) is 10.8 Å². The first-order chi connectivity index (χ1) is 11.5. The minimum Gasteiger partial charge on any atom is -0.459 e. The Balaban J connectivity index is 1.50. The van der Waals surface area contributed by atoms with Crippen molar-refractivity contribution in [1.29, 1.82) is 0 Å². The van der Waals surface area contributed by atoms with Crippen LogP contribution in [0.3, 0.4) is 0 Å². The topological polar surface area (TPSA) is 73.0 Å². The van der Waals surface area contributed by atoms with Crippen molar-refractivity contribution in [3.8, 4) is 10.8 Å². The maximum absolute atomic E-state index is 12.2. The second kappa shape index (κ2) is 7.00. The Morgan fingerprint density at radius 1 is 1.33 bits per heavy atom. The van der Waals surface area contributed by atoms with Gasteiger partial charge in [-0.2, -0.15) is 5.10 Å². The normalized spacial score (nSPS) is 11.0. The maximum Gasteiger partial charge on any atom is 0.270 e. The highest BCUT2D eigenvalue weighted by molar-refractivity contribution is 7.13. The van der Waals surface area contributed by atoms with Crippen molar-refractivity contribution in [2.45, 2.75) is 33.7 Å². The number of hydrogen-bond acceptors (Lipinski definition) is 5. The summed E-state index contributed by atoms with van der Waals surface area (Å²) in [5.74, 6) is 1.37. The molecule has 7 heteroatoms. The molecular formula is C17H20N4O2S. The van der Waals surface area contributed by atoms with E-state index in [1.54, 1.807) is 5.38 Å². The van der Waals surface area contributed by atoms with Gasteiger partial charge in [-0.3, -0.25) is 9.48 Å². The highest BCUT2D eigenvalue weighted by atomic mass is 32.1. The molecule has 0 fully saturated rings. The predicted molar refractivity (Wildman–Crippen MR) is 93.2 cm³/mol. The minimum absolute atomic E-state index is 0.158. The van der Waals surface area contributed by atoms with Crippen molar-refractivity contribution < 1.29 is 9.21 Å². The molecule has 0 aliphatic carbocycles. The molecule has 6 nitrogen and oxygen atoms in total. The van der Waals surface area contributed by atoms with Crippen LogP contribution in [-0.4, -0.2) is 27.2 Å². The summed E-state index contributed by atoms with van der Waals surface area (Å²) in [4.78, 5) is 16.5. The molecule has 3 aromatic heterocycles. The first-order valence-corrected chi connectivity index (χ1v) is 8.72. The number of hydrogen-bond donors (Lipinski definition) is 1. The van der Waals surface area contributed by atoms with Crippen LogP contribution in [0.4, 0.5) is 0 Å². The molecule has 1 N–H and O–H groups in total. The van der Waals surface area contributed by atoms with Crippen LogP contribution in [0.1, 0.15) is 34.1 Å². The number of amides is 1. The largest absolute Gasteiger partial charge is 0.459 e. The highest BCUT2D eigenvalue weighted by Crippen LogP contribution is 2.25. The smallest absolute Gasteiger partial charge is 0.270 e. The molecule has 0 atom stereocenters. The molecule has 126 valence electrons. The van der Waals surface area contributed by atoms with Gasteiger partial charge in [0.05, 0.1) is 5.69 Å². The standard InChI is InChI=1S/C17H20N4O2S/c1-11-9-12(2)21(20-11)8-4-7-18-16(22)14-10-24-17(19-14)15-6-5-13(3)23-15/h5-6,9-10H,4,7-8H2,1-3H3,(H,18,22). The molecule has 0 saturated heterocycles. The van der Waals surface area contributed by atoms with E-state index in [0.717, 1.165) is 35.1 Å². The molecule has 0 unspecified atom stereocenters. The zero-order valence-corrected chi connectivity index (χ0v) is 14.8. The van der Waals surface area contributed by atoms with E-state index < -0.39 is 0 Å². The van der Waals surface area contributed by atoms with Crippen molar-refractivity contribution in [2.75, 3.05) is 6.54 Å². The van der Waals surface area contributed by atoms with Gasteiger partial charge < -0.3 is 9.73 Å². The highest BCUT2D eigenvalue weighted by Gasteiger charge is 2.13. The maximum atomic E-state index is 12.2. The summed E-state index contributed by atoms with van der Waals surface area (Å²) in [7, 11) is 0. The fraction of sp³-hybridized carbons (Fsp3) is 0.353. The van der Waals surface area contributed by atoms with Gasteiger partial charge in [0, 0.05) is 24.2 Å². The molecular weight excluding hydrogens is 324 g/mol. The average molecular weight is 344 g/mol. The van der Waals surface area contributed by atoms with Crippen molar-refractivity contribution in [2.24, 2.45) is 0 Å². The number of carbonyl (C=O) groups excluding carboxylic acids is 1. The van der Waals surface area contributed by atoms with Crippen LogP contribution >= 0.6 is 11.3 Å². The summed E-state index contributed by atoms with van der Waals surface area (Å²) >= 11 is 1.41. The minimum atomic E-state index is -0.158. The molecule has 0 spiro atoms. The molecule has 1 amide bonds. The van der Waals surface area contributed by atoms with E-state index in [0.29, 0.717) is 18.0 Å². The zero-order chi connectivity index (χ0) is 17.1. The second-order valence-electron chi connectivity index (χ2n) is 5.71. The van der Waals surface area contributed by atoms with E-state index >= 15 is 0 Å².